The van der Waals surface area contributed by atoms with E-state index in [9.17, 15) is 13.6 Å². The minimum absolute atomic E-state index is 0.404. The Labute approximate surface area is 97.8 Å². The van der Waals surface area contributed by atoms with Crippen LogP contribution in [0.5, 0.6) is 0 Å². The second-order valence-corrected chi connectivity index (χ2v) is 3.47. The van der Waals surface area contributed by atoms with E-state index in [1.54, 1.807) is 25.1 Å². The lowest BCUT2D eigenvalue weighted by molar-refractivity contribution is -0.121. The first kappa shape index (κ1) is 13.4. The number of nitrogens with one attached hydrogen (secondary N) is 1. The van der Waals surface area contributed by atoms with E-state index in [1.165, 1.54) is 0 Å². The topological polar surface area (TPSA) is 64.3 Å². The molecule has 1 rings (SSSR count). The van der Waals surface area contributed by atoms with Crippen molar-refractivity contribution >= 4 is 17.3 Å². The van der Waals surface area contributed by atoms with Gasteiger partial charge in [0, 0.05) is 11.4 Å². The van der Waals surface area contributed by atoms with Gasteiger partial charge in [0.1, 0.15) is 13.2 Å². The molecule has 0 radical (unpaired) electrons. The largest absolute Gasteiger partial charge is 0.398 e. The lowest BCUT2D eigenvalue weighted by Crippen LogP contribution is -2.20. The third kappa shape index (κ3) is 4.36. The van der Waals surface area contributed by atoms with Crippen LogP contribution in [0.1, 0.15) is 5.56 Å². The van der Waals surface area contributed by atoms with Gasteiger partial charge in [0.15, 0.2) is 0 Å². The number of hydrogen-bond acceptors (Lipinski definition) is 3. The maximum atomic E-state index is 11.8. The van der Waals surface area contributed by atoms with Crippen molar-refractivity contribution in [2.24, 2.45) is 0 Å². The third-order valence-electron chi connectivity index (χ3n) is 2.13. The summed E-state index contributed by atoms with van der Waals surface area (Å²) in [4.78, 5) is 11.3. The molecule has 1 aromatic carbocycles. The van der Waals surface area contributed by atoms with Crippen molar-refractivity contribution in [3.63, 3.8) is 0 Å². The third-order valence-corrected chi connectivity index (χ3v) is 2.13. The molecule has 3 N–H and O–H groups in total. The molecule has 4 nitrogen and oxygen atoms in total. The molecule has 0 saturated carbocycles. The second-order valence-electron chi connectivity index (χ2n) is 3.47. The van der Waals surface area contributed by atoms with Crippen molar-refractivity contribution in [3.05, 3.63) is 23.8 Å². The highest BCUT2D eigenvalue weighted by Crippen LogP contribution is 2.20. The fourth-order valence-electron chi connectivity index (χ4n) is 1.22. The zero-order chi connectivity index (χ0) is 12.8. The molecular formula is C11H14F2N2O2. The molecule has 17 heavy (non-hydrogen) atoms. The standard InChI is InChI=1S/C11H14F2N2O2/c1-7-8(14)3-2-4-9(7)15-11(16)6-17-5-10(12)13/h2-4,10H,5-6,14H2,1H3,(H,15,16). The number of alkyl halides is 2. The molecule has 0 aliphatic carbocycles. The number of hydrogen-bond donors (Lipinski definition) is 2. The van der Waals surface area contributed by atoms with Gasteiger partial charge in [0.2, 0.25) is 5.91 Å². The SMILES string of the molecule is Cc1c(N)cccc1NC(=O)COCC(F)F. The first-order valence-corrected chi connectivity index (χ1v) is 5.01. The van der Waals surface area contributed by atoms with Crippen molar-refractivity contribution in [1.82, 2.24) is 0 Å². The van der Waals surface area contributed by atoms with E-state index in [1.807, 2.05) is 0 Å². The minimum Gasteiger partial charge on any atom is -0.398 e. The lowest BCUT2D eigenvalue weighted by Gasteiger charge is -2.10. The van der Waals surface area contributed by atoms with Gasteiger partial charge >= 0.3 is 0 Å². The fourth-order valence-corrected chi connectivity index (χ4v) is 1.22. The summed E-state index contributed by atoms with van der Waals surface area (Å²) in [5, 5.41) is 2.54. The monoisotopic (exact) mass is 244 g/mol. The molecule has 0 heterocycles. The number of benzene rings is 1. The summed E-state index contributed by atoms with van der Waals surface area (Å²) in [6, 6.07) is 5.08. The molecule has 0 bridgehead atoms. The molecule has 0 aliphatic heterocycles. The van der Waals surface area contributed by atoms with Gasteiger partial charge in [0.05, 0.1) is 0 Å². The van der Waals surface area contributed by atoms with E-state index in [0.717, 1.165) is 5.56 Å². The van der Waals surface area contributed by atoms with Crippen LogP contribution in [0.2, 0.25) is 0 Å². The Bertz CT molecular complexity index is 397. The van der Waals surface area contributed by atoms with Crippen molar-refractivity contribution in [2.75, 3.05) is 24.3 Å². The Hall–Kier alpha value is -1.69. The van der Waals surface area contributed by atoms with Gasteiger partial charge in [-0.2, -0.15) is 0 Å². The first-order valence-electron chi connectivity index (χ1n) is 5.01. The zero-order valence-electron chi connectivity index (χ0n) is 9.37. The molecular weight excluding hydrogens is 230 g/mol. The summed E-state index contributed by atoms with van der Waals surface area (Å²) in [5.41, 5.74) is 7.49. The number of ether oxygens (including phenoxy) is 1. The van der Waals surface area contributed by atoms with Gasteiger partial charge in [-0.3, -0.25) is 4.79 Å². The van der Waals surface area contributed by atoms with Crippen LogP contribution < -0.4 is 11.1 Å². The number of carbonyl (C=O) groups excluding carboxylic acids is 1. The highest BCUT2D eigenvalue weighted by atomic mass is 19.3. The Morgan fingerprint density at radius 1 is 1.53 bits per heavy atom. The first-order chi connectivity index (χ1) is 8.00. The molecule has 0 unspecified atom stereocenters. The Morgan fingerprint density at radius 3 is 2.88 bits per heavy atom. The number of nitrogen functional groups attached to an aromatic ring is 1. The summed E-state index contributed by atoms with van der Waals surface area (Å²) >= 11 is 0. The highest BCUT2D eigenvalue weighted by Gasteiger charge is 2.08. The van der Waals surface area contributed by atoms with Gasteiger partial charge in [-0.15, -0.1) is 0 Å². The molecule has 6 heteroatoms. The summed E-state index contributed by atoms with van der Waals surface area (Å²) in [6.07, 6.45) is -2.57. The Balaban J connectivity index is 2.48. The van der Waals surface area contributed by atoms with Crippen LogP contribution in [0, 0.1) is 6.92 Å². The summed E-state index contributed by atoms with van der Waals surface area (Å²) in [6.45, 7) is 0.604. The summed E-state index contributed by atoms with van der Waals surface area (Å²) in [7, 11) is 0. The molecule has 1 amide bonds. The smallest absolute Gasteiger partial charge is 0.261 e. The van der Waals surface area contributed by atoms with Crippen LogP contribution in [-0.4, -0.2) is 25.5 Å². The van der Waals surface area contributed by atoms with E-state index < -0.39 is 25.5 Å². The maximum absolute atomic E-state index is 11.8. The van der Waals surface area contributed by atoms with Crippen molar-refractivity contribution in [2.45, 2.75) is 13.3 Å². The summed E-state index contributed by atoms with van der Waals surface area (Å²) < 4.78 is 28.0. The average molecular weight is 244 g/mol. The van der Waals surface area contributed by atoms with Crippen LogP contribution in [0.25, 0.3) is 0 Å². The number of carbonyl (C=O) groups is 1. The second kappa shape index (κ2) is 6.15. The number of rotatable bonds is 5. The van der Waals surface area contributed by atoms with Crippen LogP contribution in [0.15, 0.2) is 18.2 Å². The lowest BCUT2D eigenvalue weighted by atomic mass is 10.1. The predicted molar refractivity (Wildman–Crippen MR) is 61.0 cm³/mol. The molecule has 0 saturated heterocycles. The quantitative estimate of drug-likeness (QED) is 0.776. The Morgan fingerprint density at radius 2 is 2.24 bits per heavy atom. The molecule has 1 aromatic rings. The van der Waals surface area contributed by atoms with E-state index >= 15 is 0 Å². The molecule has 0 aliphatic rings. The van der Waals surface area contributed by atoms with E-state index in [2.05, 4.69) is 10.1 Å². The fraction of sp³-hybridized carbons (Fsp3) is 0.364. The number of nitrogens with two attached hydrogens (primary N) is 1. The van der Waals surface area contributed by atoms with Gasteiger partial charge in [-0.25, -0.2) is 8.78 Å². The molecule has 94 valence electrons. The van der Waals surface area contributed by atoms with Crippen molar-refractivity contribution in [3.8, 4) is 0 Å². The molecule has 0 fully saturated rings. The van der Waals surface area contributed by atoms with Gasteiger partial charge in [-0.05, 0) is 24.6 Å². The van der Waals surface area contributed by atoms with Gasteiger partial charge in [-0.1, -0.05) is 6.07 Å². The molecule has 0 atom stereocenters. The maximum Gasteiger partial charge on any atom is 0.261 e. The van der Waals surface area contributed by atoms with Crippen LogP contribution >= 0.6 is 0 Å². The van der Waals surface area contributed by atoms with Crippen molar-refractivity contribution < 1.29 is 18.3 Å². The van der Waals surface area contributed by atoms with E-state index in [0.29, 0.717) is 11.4 Å². The number of amides is 1. The number of halogens is 2. The van der Waals surface area contributed by atoms with Gasteiger partial charge in [0.25, 0.3) is 6.43 Å². The molecule has 0 spiro atoms. The van der Waals surface area contributed by atoms with E-state index in [-0.39, 0.29) is 0 Å². The van der Waals surface area contributed by atoms with Crippen LogP contribution in [0.4, 0.5) is 20.2 Å². The normalized spacial score (nSPS) is 10.6. The van der Waals surface area contributed by atoms with Gasteiger partial charge < -0.3 is 15.8 Å². The van der Waals surface area contributed by atoms with Crippen LogP contribution in [-0.2, 0) is 9.53 Å². The zero-order valence-corrected chi connectivity index (χ0v) is 9.37. The summed E-state index contributed by atoms with van der Waals surface area (Å²) in [5.74, 6) is -0.487. The number of anilines is 2. The van der Waals surface area contributed by atoms with Crippen LogP contribution in [0.3, 0.4) is 0 Å². The predicted octanol–water partition coefficient (Wildman–Crippen LogP) is 1.80. The van der Waals surface area contributed by atoms with E-state index in [4.69, 9.17) is 5.73 Å². The minimum atomic E-state index is -2.57. The highest BCUT2D eigenvalue weighted by molar-refractivity contribution is 5.93. The average Bonchev–Trinajstić information content (AvgIpc) is 2.24. The molecule has 0 aromatic heterocycles. The Kier molecular flexibility index (Phi) is 4.84. The van der Waals surface area contributed by atoms with Crippen molar-refractivity contribution in [1.29, 1.82) is 0 Å².